The van der Waals surface area contributed by atoms with E-state index in [2.05, 4.69) is 78.4 Å². The van der Waals surface area contributed by atoms with E-state index in [0.717, 1.165) is 16.6 Å². The van der Waals surface area contributed by atoms with E-state index in [1.165, 1.54) is 36.9 Å². The Hall–Kier alpha value is -2.78. The van der Waals surface area contributed by atoms with Crippen molar-refractivity contribution in [2.75, 3.05) is 0 Å². The summed E-state index contributed by atoms with van der Waals surface area (Å²) in [6.45, 7) is 4.25. The van der Waals surface area contributed by atoms with Crippen LogP contribution in [0.5, 0.6) is 0 Å². The maximum absolute atomic E-state index is 4.66. The van der Waals surface area contributed by atoms with Gasteiger partial charge in [-0.05, 0) is 49.2 Å². The molecule has 0 aliphatic carbocycles. The Bertz CT molecular complexity index is 1270. The van der Waals surface area contributed by atoms with Gasteiger partial charge in [0.25, 0.3) is 0 Å². The fourth-order valence-corrected chi connectivity index (χ4v) is 4.73. The highest BCUT2D eigenvalue weighted by molar-refractivity contribution is 7.26. The average molecular weight is 340 g/mol. The summed E-state index contributed by atoms with van der Waals surface area (Å²) in [5.74, 6) is 0. The summed E-state index contributed by atoms with van der Waals surface area (Å²) in [5, 5.41) is 3.74. The maximum Gasteiger partial charge on any atom is 0.116 e. The molecule has 120 valence electrons. The van der Waals surface area contributed by atoms with E-state index < -0.39 is 0 Å². The van der Waals surface area contributed by atoms with Crippen LogP contribution in [0.2, 0.25) is 0 Å². The van der Waals surface area contributed by atoms with Crippen molar-refractivity contribution in [2.45, 2.75) is 13.8 Å². The number of hydrogen-bond acceptors (Lipinski definition) is 3. The minimum Gasteiger partial charge on any atom is -0.236 e. The van der Waals surface area contributed by atoms with E-state index >= 15 is 0 Å². The Kier molecular flexibility index (Phi) is 3.12. The first-order chi connectivity index (χ1) is 12.2. The molecule has 0 unspecified atom stereocenters. The number of benzene rings is 3. The molecule has 0 atom stereocenters. The third kappa shape index (κ3) is 2.24. The van der Waals surface area contributed by atoms with Gasteiger partial charge in [-0.1, -0.05) is 30.3 Å². The Morgan fingerprint density at radius 2 is 1.64 bits per heavy atom. The van der Waals surface area contributed by atoms with Crippen LogP contribution in [0, 0.1) is 13.8 Å². The summed E-state index contributed by atoms with van der Waals surface area (Å²) >= 11 is 1.84. The minimum absolute atomic E-state index is 1.00. The molecular formula is C22H16N2S. The van der Waals surface area contributed by atoms with Gasteiger partial charge in [0, 0.05) is 31.1 Å². The van der Waals surface area contributed by atoms with Crippen molar-refractivity contribution in [1.29, 1.82) is 0 Å². The second-order valence-corrected chi connectivity index (χ2v) is 7.58. The van der Waals surface area contributed by atoms with Gasteiger partial charge in [0.1, 0.15) is 6.33 Å². The Morgan fingerprint density at radius 3 is 2.56 bits per heavy atom. The molecule has 3 aromatic carbocycles. The van der Waals surface area contributed by atoms with Crippen molar-refractivity contribution >= 4 is 42.4 Å². The van der Waals surface area contributed by atoms with Crippen LogP contribution in [-0.4, -0.2) is 9.97 Å². The maximum atomic E-state index is 4.66. The van der Waals surface area contributed by atoms with Crippen LogP contribution in [-0.2, 0) is 0 Å². The van der Waals surface area contributed by atoms with Gasteiger partial charge in [-0.3, -0.25) is 0 Å². The van der Waals surface area contributed by atoms with Crippen molar-refractivity contribution in [3.05, 3.63) is 72.1 Å². The summed E-state index contributed by atoms with van der Waals surface area (Å²) < 4.78 is 2.62. The van der Waals surface area contributed by atoms with Crippen LogP contribution in [0.15, 0.2) is 60.9 Å². The molecule has 0 fully saturated rings. The lowest BCUT2D eigenvalue weighted by Gasteiger charge is -2.08. The van der Waals surface area contributed by atoms with Crippen molar-refractivity contribution in [3.63, 3.8) is 0 Å². The average Bonchev–Trinajstić information content (AvgIpc) is 2.99. The van der Waals surface area contributed by atoms with Crippen molar-refractivity contribution in [3.8, 4) is 11.3 Å². The molecule has 5 aromatic rings. The zero-order valence-electron chi connectivity index (χ0n) is 14.1. The first-order valence-corrected chi connectivity index (χ1v) is 9.16. The Labute approximate surface area is 149 Å². The molecule has 3 heteroatoms. The van der Waals surface area contributed by atoms with Gasteiger partial charge in [0.05, 0.1) is 11.2 Å². The lowest BCUT2D eigenvalue weighted by molar-refractivity contribution is 1.22. The molecule has 5 rings (SSSR count). The molecule has 0 aliphatic rings. The number of thiophene rings is 1. The smallest absolute Gasteiger partial charge is 0.116 e. The monoisotopic (exact) mass is 340 g/mol. The van der Waals surface area contributed by atoms with E-state index in [4.69, 9.17) is 0 Å². The summed E-state index contributed by atoms with van der Waals surface area (Å²) in [5.41, 5.74) is 5.69. The number of aryl methyl sites for hydroxylation is 2. The molecule has 2 aromatic heterocycles. The topological polar surface area (TPSA) is 25.8 Å². The first kappa shape index (κ1) is 14.6. The largest absolute Gasteiger partial charge is 0.236 e. The zero-order chi connectivity index (χ0) is 17.0. The molecule has 0 aliphatic heterocycles. The third-order valence-corrected chi connectivity index (χ3v) is 5.89. The molecule has 2 heterocycles. The molecule has 0 spiro atoms. The summed E-state index contributed by atoms with van der Waals surface area (Å²) in [4.78, 5) is 9.13. The van der Waals surface area contributed by atoms with Crippen LogP contribution in [0.4, 0.5) is 0 Å². The van der Waals surface area contributed by atoms with Gasteiger partial charge in [-0.15, -0.1) is 11.3 Å². The highest BCUT2D eigenvalue weighted by Crippen LogP contribution is 2.41. The van der Waals surface area contributed by atoms with Crippen LogP contribution in [0.1, 0.15) is 11.1 Å². The molecule has 0 bridgehead atoms. The first-order valence-electron chi connectivity index (χ1n) is 8.34. The van der Waals surface area contributed by atoms with Gasteiger partial charge >= 0.3 is 0 Å². The predicted octanol–water partition coefficient (Wildman–Crippen LogP) is 6.28. The lowest BCUT2D eigenvalue weighted by Crippen LogP contribution is -1.90. The predicted molar refractivity (Wildman–Crippen MR) is 107 cm³/mol. The number of nitrogens with zero attached hydrogens (tertiary/aromatic N) is 2. The quantitative estimate of drug-likeness (QED) is 0.359. The van der Waals surface area contributed by atoms with E-state index in [1.807, 2.05) is 11.3 Å². The van der Waals surface area contributed by atoms with Crippen molar-refractivity contribution < 1.29 is 0 Å². The molecule has 2 nitrogen and oxygen atoms in total. The molecule has 0 saturated heterocycles. The highest BCUT2D eigenvalue weighted by Gasteiger charge is 2.14. The van der Waals surface area contributed by atoms with E-state index in [1.54, 1.807) is 6.33 Å². The molecule has 0 saturated carbocycles. The number of aromatic nitrogens is 2. The van der Waals surface area contributed by atoms with Gasteiger partial charge < -0.3 is 0 Å². The summed E-state index contributed by atoms with van der Waals surface area (Å²) in [6.07, 6.45) is 1.68. The van der Waals surface area contributed by atoms with Crippen LogP contribution < -0.4 is 0 Å². The standard InChI is InChI=1S/C22H16N2S/c1-13-7-8-16-19(11-13)23-12-24-21(16)18-10-14(2)9-17-15-5-3-4-6-20(15)25-22(17)18/h3-12H,1-2H3. The van der Waals surface area contributed by atoms with E-state index in [-0.39, 0.29) is 0 Å². The third-order valence-electron chi connectivity index (χ3n) is 4.67. The SMILES string of the molecule is Cc1ccc2c(-c3cc(C)cc4c3sc3ccccc34)ncnc2c1. The van der Waals surface area contributed by atoms with Crippen LogP contribution in [0.25, 0.3) is 42.3 Å². The number of fused-ring (bicyclic) bond motifs is 4. The van der Waals surface area contributed by atoms with Crippen molar-refractivity contribution in [2.24, 2.45) is 0 Å². The number of rotatable bonds is 1. The molecule has 0 amide bonds. The second-order valence-electron chi connectivity index (χ2n) is 6.53. The normalized spacial score (nSPS) is 11.6. The minimum atomic E-state index is 1.00. The molecule has 0 N–H and O–H groups in total. The lowest BCUT2D eigenvalue weighted by atomic mass is 10.0. The van der Waals surface area contributed by atoms with Gasteiger partial charge in [-0.25, -0.2) is 9.97 Å². The Balaban J connectivity index is 1.93. The van der Waals surface area contributed by atoms with Gasteiger partial charge in [0.2, 0.25) is 0 Å². The molecular weight excluding hydrogens is 324 g/mol. The summed E-state index contributed by atoms with van der Waals surface area (Å²) in [7, 11) is 0. The van der Waals surface area contributed by atoms with E-state index in [0.29, 0.717) is 0 Å². The van der Waals surface area contributed by atoms with Crippen LogP contribution >= 0.6 is 11.3 Å². The molecule has 25 heavy (non-hydrogen) atoms. The highest BCUT2D eigenvalue weighted by atomic mass is 32.1. The number of hydrogen-bond donors (Lipinski definition) is 0. The van der Waals surface area contributed by atoms with Gasteiger partial charge in [-0.2, -0.15) is 0 Å². The fraction of sp³-hybridized carbons (Fsp3) is 0.0909. The van der Waals surface area contributed by atoms with Gasteiger partial charge in [0.15, 0.2) is 0 Å². The molecule has 0 radical (unpaired) electrons. The fourth-order valence-electron chi connectivity index (χ4n) is 3.53. The van der Waals surface area contributed by atoms with Crippen LogP contribution in [0.3, 0.4) is 0 Å². The zero-order valence-corrected chi connectivity index (χ0v) is 14.9. The van der Waals surface area contributed by atoms with Crippen molar-refractivity contribution in [1.82, 2.24) is 9.97 Å². The second kappa shape index (κ2) is 5.36. The summed E-state index contributed by atoms with van der Waals surface area (Å²) in [6, 6.07) is 19.5. The van der Waals surface area contributed by atoms with E-state index in [9.17, 15) is 0 Å². The Morgan fingerprint density at radius 1 is 0.760 bits per heavy atom.